The Morgan fingerprint density at radius 3 is 2.64 bits per heavy atom. The fraction of sp³-hybridized carbons (Fsp3) is 0.655. The van der Waals surface area contributed by atoms with Gasteiger partial charge in [0, 0.05) is 58.2 Å². The van der Waals surface area contributed by atoms with Crippen LogP contribution in [0.4, 0.5) is 4.79 Å². The van der Waals surface area contributed by atoms with Crippen LogP contribution in [0.1, 0.15) is 50.5 Å². The van der Waals surface area contributed by atoms with Crippen molar-refractivity contribution < 1.29 is 38.5 Å². The first-order chi connectivity index (χ1) is 20.2. The molecule has 0 spiro atoms. The largest absolute Gasteiger partial charge is 0.493 e. The quantitative estimate of drug-likeness (QED) is 0.326. The normalized spacial score (nSPS) is 22.1. The van der Waals surface area contributed by atoms with E-state index in [4.69, 9.17) is 19.9 Å². The van der Waals surface area contributed by atoms with Crippen LogP contribution in [0.25, 0.3) is 0 Å². The molecule has 3 atom stereocenters. The molecule has 4 rings (SSSR count). The molecular formula is C29H43N5O8. The van der Waals surface area contributed by atoms with Gasteiger partial charge in [0.1, 0.15) is 0 Å². The third-order valence-corrected chi connectivity index (χ3v) is 8.42. The van der Waals surface area contributed by atoms with Crippen LogP contribution in [-0.2, 0) is 14.4 Å². The fourth-order valence-electron chi connectivity index (χ4n) is 6.11. The number of unbranched alkanes of at least 4 members (excludes halogenated alkanes) is 1. The number of likely N-dealkylation sites (tertiary alicyclic amines) is 1. The van der Waals surface area contributed by atoms with Crippen molar-refractivity contribution in [3.05, 3.63) is 17.7 Å². The van der Waals surface area contributed by atoms with E-state index in [-0.39, 0.29) is 51.1 Å². The molecule has 3 N–H and O–H groups in total. The number of carbonyl (C=O) groups excluding carboxylic acids is 3. The Labute approximate surface area is 246 Å². The molecule has 2 saturated heterocycles. The number of rotatable bonds is 14. The summed E-state index contributed by atoms with van der Waals surface area (Å²) in [6.07, 6.45) is 2.88. The lowest BCUT2D eigenvalue weighted by Crippen LogP contribution is -2.52. The number of hydrogen-bond acceptors (Lipinski definition) is 9. The van der Waals surface area contributed by atoms with Crippen molar-refractivity contribution in [3.63, 3.8) is 0 Å². The maximum Gasteiger partial charge on any atom is 0.326 e. The number of carbonyl (C=O) groups is 4. The van der Waals surface area contributed by atoms with Crippen LogP contribution in [0.15, 0.2) is 12.1 Å². The van der Waals surface area contributed by atoms with E-state index in [1.165, 1.54) is 16.9 Å². The monoisotopic (exact) mass is 589 g/mol. The van der Waals surface area contributed by atoms with Crippen molar-refractivity contribution in [2.24, 2.45) is 11.7 Å². The lowest BCUT2D eigenvalue weighted by atomic mass is 9.84. The van der Waals surface area contributed by atoms with Crippen molar-refractivity contribution in [1.29, 1.82) is 0 Å². The van der Waals surface area contributed by atoms with E-state index in [0.29, 0.717) is 55.4 Å². The number of imide groups is 1. The zero-order chi connectivity index (χ0) is 30.4. The molecule has 13 heteroatoms. The van der Waals surface area contributed by atoms with Gasteiger partial charge >= 0.3 is 12.0 Å². The lowest BCUT2D eigenvalue weighted by Gasteiger charge is -2.34. The molecule has 232 valence electrons. The van der Waals surface area contributed by atoms with Crippen molar-refractivity contribution in [3.8, 4) is 17.2 Å². The molecular weight excluding hydrogens is 546 g/mol. The zero-order valence-electron chi connectivity index (χ0n) is 24.8. The van der Waals surface area contributed by atoms with Gasteiger partial charge < -0.3 is 34.9 Å². The number of ether oxygens (including phenoxy) is 3. The van der Waals surface area contributed by atoms with E-state index in [1.54, 1.807) is 24.1 Å². The summed E-state index contributed by atoms with van der Waals surface area (Å²) in [6.45, 7) is 4.40. The number of nitrogens with two attached hydrogens (primary N) is 1. The smallest absolute Gasteiger partial charge is 0.326 e. The maximum atomic E-state index is 13.6. The van der Waals surface area contributed by atoms with E-state index < -0.39 is 29.9 Å². The Balaban J connectivity index is 1.64. The van der Waals surface area contributed by atoms with Gasteiger partial charge in [-0.25, -0.2) is 4.79 Å². The van der Waals surface area contributed by atoms with Crippen LogP contribution < -0.4 is 19.9 Å². The first-order valence-electron chi connectivity index (χ1n) is 14.7. The average molecular weight is 590 g/mol. The van der Waals surface area contributed by atoms with Gasteiger partial charge in [-0.05, 0) is 43.5 Å². The molecule has 0 unspecified atom stereocenters. The highest BCUT2D eigenvalue weighted by atomic mass is 16.7. The van der Waals surface area contributed by atoms with Gasteiger partial charge in [0.25, 0.3) is 0 Å². The van der Waals surface area contributed by atoms with E-state index in [2.05, 4.69) is 6.92 Å². The molecule has 2 fully saturated rings. The number of nitrogens with zero attached hydrogens (tertiary/aromatic N) is 4. The predicted octanol–water partition coefficient (Wildman–Crippen LogP) is 1.54. The number of hydrogen-bond donors (Lipinski definition) is 2. The van der Waals surface area contributed by atoms with Gasteiger partial charge in [-0.1, -0.05) is 13.3 Å². The number of aliphatic carboxylic acids is 1. The summed E-state index contributed by atoms with van der Waals surface area (Å²) in [5.74, 6) is -1.44. The number of urea groups is 1. The fourth-order valence-corrected chi connectivity index (χ4v) is 6.11. The summed E-state index contributed by atoms with van der Waals surface area (Å²) in [5, 5.41) is 10.5. The third-order valence-electron chi connectivity index (χ3n) is 8.42. The highest BCUT2D eigenvalue weighted by Crippen LogP contribution is 2.47. The number of methoxy groups -OCH3 is 1. The first kappa shape index (κ1) is 31.4. The molecule has 13 nitrogen and oxygen atoms in total. The number of fused-ring (bicyclic) bond motifs is 1. The molecule has 0 aliphatic carbocycles. The minimum Gasteiger partial charge on any atom is -0.493 e. The van der Waals surface area contributed by atoms with Gasteiger partial charge in [0.15, 0.2) is 11.5 Å². The van der Waals surface area contributed by atoms with Crippen molar-refractivity contribution in [2.75, 3.05) is 66.8 Å². The summed E-state index contributed by atoms with van der Waals surface area (Å²) >= 11 is 0. The second-order valence-electron chi connectivity index (χ2n) is 11.1. The Morgan fingerprint density at radius 1 is 1.19 bits per heavy atom. The van der Waals surface area contributed by atoms with Crippen LogP contribution in [0, 0.1) is 5.92 Å². The van der Waals surface area contributed by atoms with Gasteiger partial charge in [-0.2, -0.15) is 0 Å². The highest BCUT2D eigenvalue weighted by Gasteiger charge is 2.48. The van der Waals surface area contributed by atoms with Gasteiger partial charge in [0.05, 0.1) is 19.6 Å². The minimum absolute atomic E-state index is 0.0166. The van der Waals surface area contributed by atoms with Gasteiger partial charge in [0.2, 0.25) is 24.4 Å². The average Bonchev–Trinajstić information content (AvgIpc) is 3.59. The second-order valence-corrected chi connectivity index (χ2v) is 11.1. The number of benzene rings is 1. The lowest BCUT2D eigenvalue weighted by molar-refractivity contribution is -0.144. The number of amides is 4. The molecule has 0 aromatic heterocycles. The Kier molecular flexibility index (Phi) is 10.5. The highest BCUT2D eigenvalue weighted by molar-refractivity contribution is 5.96. The van der Waals surface area contributed by atoms with E-state index in [9.17, 15) is 24.3 Å². The van der Waals surface area contributed by atoms with Crippen LogP contribution in [0.5, 0.6) is 17.2 Å². The summed E-state index contributed by atoms with van der Waals surface area (Å²) in [6, 6.07) is 2.53. The van der Waals surface area contributed by atoms with E-state index in [1.807, 2.05) is 4.90 Å². The third kappa shape index (κ3) is 6.73. The predicted molar refractivity (Wildman–Crippen MR) is 152 cm³/mol. The molecule has 1 aromatic rings. The van der Waals surface area contributed by atoms with Gasteiger partial charge in [-0.15, -0.1) is 0 Å². The van der Waals surface area contributed by atoms with Crippen LogP contribution >= 0.6 is 0 Å². The van der Waals surface area contributed by atoms with Crippen molar-refractivity contribution in [2.45, 2.75) is 51.0 Å². The standard InChI is InChI=1S/C29H43N5O8/c1-4-5-10-32(11-6-9-30)25(36)17-33-16-20(19-14-22(40-3)27-23(15-19)41-18-42-27)26(28(37)38)21(33)7-13-34-24(35)8-12-31(2)29(34)39/h14-15,20-21,26H,4-13,16-18,30H2,1-3H3,(H,37,38)/t20-,21+,26-/m1/s1. The molecule has 42 heavy (non-hydrogen) atoms. The van der Waals surface area contributed by atoms with Crippen molar-refractivity contribution in [1.82, 2.24) is 19.6 Å². The molecule has 1 aromatic carbocycles. The Bertz CT molecular complexity index is 1160. The molecule has 3 heterocycles. The van der Waals surface area contributed by atoms with E-state index >= 15 is 0 Å². The number of carboxylic acid groups (broad SMARTS) is 1. The summed E-state index contributed by atoms with van der Waals surface area (Å²) in [4.78, 5) is 58.2. The SMILES string of the molecule is CCCCN(CCCN)C(=O)CN1C[C@H](c2cc(OC)c3c(c2)OCO3)[C@@H](C(=O)O)[C@@H]1CCN1C(=O)CCN(C)C1=O. The van der Waals surface area contributed by atoms with Crippen LogP contribution in [0.3, 0.4) is 0 Å². The summed E-state index contributed by atoms with van der Waals surface area (Å²) in [5.41, 5.74) is 6.42. The molecule has 4 amide bonds. The Morgan fingerprint density at radius 2 is 1.95 bits per heavy atom. The molecule has 0 radical (unpaired) electrons. The van der Waals surface area contributed by atoms with Crippen LogP contribution in [0.2, 0.25) is 0 Å². The molecule has 3 aliphatic heterocycles. The minimum atomic E-state index is -1.02. The van der Waals surface area contributed by atoms with Crippen LogP contribution in [-0.4, -0.2) is 121 Å². The molecule has 0 saturated carbocycles. The van der Waals surface area contributed by atoms with E-state index in [0.717, 1.165) is 12.8 Å². The maximum absolute atomic E-state index is 13.6. The summed E-state index contributed by atoms with van der Waals surface area (Å²) in [7, 11) is 3.14. The molecule has 3 aliphatic rings. The second kappa shape index (κ2) is 14.1. The molecule has 0 bridgehead atoms. The summed E-state index contributed by atoms with van der Waals surface area (Å²) < 4.78 is 16.6. The first-order valence-corrected chi connectivity index (χ1v) is 14.7. The number of carboxylic acids is 1. The van der Waals surface area contributed by atoms with Gasteiger partial charge in [-0.3, -0.25) is 24.2 Å². The topological polar surface area (TPSA) is 155 Å². The zero-order valence-corrected chi connectivity index (χ0v) is 24.8. The Hall–Kier alpha value is -3.58. The van der Waals surface area contributed by atoms with Crippen molar-refractivity contribution >= 4 is 23.8 Å².